The highest BCUT2D eigenvalue weighted by molar-refractivity contribution is 5.56. The molecule has 1 aliphatic carbocycles. The standard InChI is InChI=1S/C18H27NO/c1-3-8-16-10-5-7-12-18(16)20-14-13-19-17-11-6-4-9-15(17)2/h3,5,7-8,10,12,15,17,19H,4,6,9,11,13-14H2,1-2H3. The first-order chi connectivity index (χ1) is 9.81. The molecule has 0 amide bonds. The molecule has 1 saturated carbocycles. The van der Waals surface area contributed by atoms with Crippen molar-refractivity contribution in [2.24, 2.45) is 5.92 Å². The Morgan fingerprint density at radius 3 is 2.85 bits per heavy atom. The summed E-state index contributed by atoms with van der Waals surface area (Å²) in [6.45, 7) is 6.05. The molecule has 0 bridgehead atoms. The van der Waals surface area contributed by atoms with E-state index in [1.54, 1.807) is 0 Å². The van der Waals surface area contributed by atoms with E-state index in [1.165, 1.54) is 25.7 Å². The fraction of sp³-hybridized carbons (Fsp3) is 0.556. The van der Waals surface area contributed by atoms with Crippen LogP contribution in [-0.4, -0.2) is 19.2 Å². The molecular weight excluding hydrogens is 246 g/mol. The van der Waals surface area contributed by atoms with Crippen molar-refractivity contribution in [3.05, 3.63) is 35.9 Å². The fourth-order valence-corrected chi connectivity index (χ4v) is 2.95. The van der Waals surface area contributed by atoms with Crippen molar-refractivity contribution in [1.82, 2.24) is 5.32 Å². The second-order valence-electron chi connectivity index (χ2n) is 5.71. The number of ether oxygens (including phenoxy) is 1. The number of hydrogen-bond donors (Lipinski definition) is 1. The van der Waals surface area contributed by atoms with Gasteiger partial charge >= 0.3 is 0 Å². The molecule has 0 radical (unpaired) electrons. The molecule has 0 aliphatic heterocycles. The summed E-state index contributed by atoms with van der Waals surface area (Å²) < 4.78 is 5.90. The van der Waals surface area contributed by atoms with Crippen LogP contribution in [0.25, 0.3) is 6.08 Å². The van der Waals surface area contributed by atoms with Crippen molar-refractivity contribution in [3.63, 3.8) is 0 Å². The van der Waals surface area contributed by atoms with Gasteiger partial charge in [-0.2, -0.15) is 0 Å². The highest BCUT2D eigenvalue weighted by atomic mass is 16.5. The van der Waals surface area contributed by atoms with E-state index in [0.29, 0.717) is 6.04 Å². The molecule has 1 N–H and O–H groups in total. The molecule has 1 aliphatic rings. The molecule has 1 fully saturated rings. The lowest BCUT2D eigenvalue weighted by Crippen LogP contribution is -2.39. The number of benzene rings is 1. The van der Waals surface area contributed by atoms with Crippen molar-refractivity contribution in [3.8, 4) is 5.75 Å². The summed E-state index contributed by atoms with van der Waals surface area (Å²) in [4.78, 5) is 0. The van der Waals surface area contributed by atoms with E-state index in [0.717, 1.165) is 30.4 Å². The van der Waals surface area contributed by atoms with E-state index < -0.39 is 0 Å². The third-order valence-corrected chi connectivity index (χ3v) is 4.14. The Morgan fingerprint density at radius 1 is 1.25 bits per heavy atom. The monoisotopic (exact) mass is 273 g/mol. The zero-order valence-corrected chi connectivity index (χ0v) is 12.8. The average molecular weight is 273 g/mol. The Hall–Kier alpha value is -1.28. The minimum absolute atomic E-state index is 0.679. The summed E-state index contributed by atoms with van der Waals surface area (Å²) >= 11 is 0. The van der Waals surface area contributed by atoms with Gasteiger partial charge in [0.05, 0.1) is 0 Å². The van der Waals surface area contributed by atoms with Crippen LogP contribution in [0.5, 0.6) is 5.75 Å². The minimum Gasteiger partial charge on any atom is -0.492 e. The number of nitrogens with one attached hydrogen (secondary N) is 1. The Bertz CT molecular complexity index is 427. The van der Waals surface area contributed by atoms with Crippen molar-refractivity contribution in [2.75, 3.05) is 13.2 Å². The van der Waals surface area contributed by atoms with Crippen LogP contribution in [0.3, 0.4) is 0 Å². The second-order valence-corrected chi connectivity index (χ2v) is 5.71. The maximum atomic E-state index is 5.90. The van der Waals surface area contributed by atoms with Gasteiger partial charge in [-0.1, -0.05) is 50.1 Å². The van der Waals surface area contributed by atoms with Gasteiger partial charge in [0.25, 0.3) is 0 Å². The smallest absolute Gasteiger partial charge is 0.126 e. The van der Waals surface area contributed by atoms with Gasteiger partial charge in [-0.15, -0.1) is 0 Å². The van der Waals surface area contributed by atoms with Crippen LogP contribution in [0.1, 0.15) is 45.1 Å². The van der Waals surface area contributed by atoms with E-state index >= 15 is 0 Å². The minimum atomic E-state index is 0.679. The van der Waals surface area contributed by atoms with Crippen molar-refractivity contribution in [1.29, 1.82) is 0 Å². The third kappa shape index (κ3) is 4.38. The molecule has 2 unspecified atom stereocenters. The molecule has 0 aromatic heterocycles. The zero-order valence-electron chi connectivity index (χ0n) is 12.8. The van der Waals surface area contributed by atoms with E-state index in [2.05, 4.69) is 24.4 Å². The van der Waals surface area contributed by atoms with Crippen molar-refractivity contribution < 1.29 is 4.74 Å². The maximum absolute atomic E-state index is 5.90. The van der Waals surface area contributed by atoms with Crippen molar-refractivity contribution >= 4 is 6.08 Å². The van der Waals surface area contributed by atoms with E-state index in [1.807, 2.05) is 31.2 Å². The Kier molecular flexibility index (Phi) is 6.13. The summed E-state index contributed by atoms with van der Waals surface area (Å²) in [5.41, 5.74) is 1.15. The highest BCUT2D eigenvalue weighted by Gasteiger charge is 2.20. The largest absolute Gasteiger partial charge is 0.492 e. The van der Waals surface area contributed by atoms with Gasteiger partial charge in [-0.25, -0.2) is 0 Å². The van der Waals surface area contributed by atoms with E-state index in [9.17, 15) is 0 Å². The highest BCUT2D eigenvalue weighted by Crippen LogP contribution is 2.23. The van der Waals surface area contributed by atoms with E-state index in [4.69, 9.17) is 4.74 Å². The normalized spacial score (nSPS) is 23.1. The lowest BCUT2D eigenvalue weighted by atomic mass is 9.86. The van der Waals surface area contributed by atoms with E-state index in [-0.39, 0.29) is 0 Å². The molecule has 2 rings (SSSR count). The molecular formula is C18H27NO. The van der Waals surface area contributed by atoms with Gasteiger partial charge in [-0.3, -0.25) is 0 Å². The Balaban J connectivity index is 1.75. The maximum Gasteiger partial charge on any atom is 0.126 e. The first-order valence-corrected chi connectivity index (χ1v) is 7.89. The lowest BCUT2D eigenvalue weighted by molar-refractivity contribution is 0.251. The van der Waals surface area contributed by atoms with Crippen LogP contribution in [0.15, 0.2) is 30.3 Å². The molecule has 1 aromatic rings. The summed E-state index contributed by atoms with van der Waals surface area (Å²) in [6.07, 6.45) is 9.58. The fourth-order valence-electron chi connectivity index (χ4n) is 2.95. The van der Waals surface area contributed by atoms with Crippen molar-refractivity contribution in [2.45, 2.75) is 45.6 Å². The first-order valence-electron chi connectivity index (χ1n) is 7.89. The summed E-state index contributed by atoms with van der Waals surface area (Å²) in [7, 11) is 0. The molecule has 0 spiro atoms. The second kappa shape index (κ2) is 8.11. The Morgan fingerprint density at radius 2 is 2.05 bits per heavy atom. The molecule has 2 heteroatoms. The molecule has 2 nitrogen and oxygen atoms in total. The molecule has 0 heterocycles. The van der Waals surface area contributed by atoms with Gasteiger partial charge in [0.2, 0.25) is 0 Å². The summed E-state index contributed by atoms with van der Waals surface area (Å²) in [5, 5.41) is 3.65. The van der Waals surface area contributed by atoms with Crippen LogP contribution in [0, 0.1) is 5.92 Å². The number of para-hydroxylation sites is 1. The van der Waals surface area contributed by atoms with Crippen LogP contribution < -0.4 is 10.1 Å². The van der Waals surface area contributed by atoms with Gasteiger partial charge in [0, 0.05) is 18.2 Å². The van der Waals surface area contributed by atoms with Gasteiger partial charge in [0.15, 0.2) is 0 Å². The third-order valence-electron chi connectivity index (χ3n) is 4.14. The van der Waals surface area contributed by atoms with Gasteiger partial charge in [0.1, 0.15) is 12.4 Å². The predicted molar refractivity (Wildman–Crippen MR) is 86.1 cm³/mol. The predicted octanol–water partition coefficient (Wildman–Crippen LogP) is 4.27. The molecule has 20 heavy (non-hydrogen) atoms. The quantitative estimate of drug-likeness (QED) is 0.782. The van der Waals surface area contributed by atoms with Gasteiger partial charge in [-0.05, 0) is 31.7 Å². The number of rotatable bonds is 6. The van der Waals surface area contributed by atoms with Crippen LogP contribution in [-0.2, 0) is 0 Å². The SMILES string of the molecule is CC=Cc1ccccc1OCCNC1CCCCC1C. The number of hydrogen-bond acceptors (Lipinski definition) is 2. The van der Waals surface area contributed by atoms with Gasteiger partial charge < -0.3 is 10.1 Å². The Labute approximate surface area is 123 Å². The van der Waals surface area contributed by atoms with Crippen LogP contribution in [0.4, 0.5) is 0 Å². The molecule has 0 saturated heterocycles. The topological polar surface area (TPSA) is 21.3 Å². The average Bonchev–Trinajstić information content (AvgIpc) is 2.47. The summed E-state index contributed by atoms with van der Waals surface area (Å²) in [5.74, 6) is 1.78. The first kappa shape index (κ1) is 15.1. The summed E-state index contributed by atoms with van der Waals surface area (Å²) in [6, 6.07) is 8.88. The van der Waals surface area contributed by atoms with Crippen LogP contribution in [0.2, 0.25) is 0 Å². The number of allylic oxidation sites excluding steroid dienone is 1. The molecule has 1 aromatic carbocycles. The van der Waals surface area contributed by atoms with Crippen LogP contribution >= 0.6 is 0 Å². The lowest BCUT2D eigenvalue weighted by Gasteiger charge is -2.29. The molecule has 2 atom stereocenters. The zero-order chi connectivity index (χ0) is 14.2. The molecule has 110 valence electrons.